The van der Waals surface area contributed by atoms with Crippen LogP contribution in [0.5, 0.6) is 5.75 Å². The van der Waals surface area contributed by atoms with Crippen molar-refractivity contribution < 1.29 is 23.9 Å². The molecule has 0 unspecified atom stereocenters. The summed E-state index contributed by atoms with van der Waals surface area (Å²) in [5, 5.41) is 16.3. The van der Waals surface area contributed by atoms with Crippen LogP contribution >= 0.6 is 0 Å². The zero-order valence-electron chi connectivity index (χ0n) is 21.2. The number of hydrogen-bond donors (Lipinski definition) is 3. The van der Waals surface area contributed by atoms with Gasteiger partial charge in [-0.15, -0.1) is 0 Å². The van der Waals surface area contributed by atoms with Gasteiger partial charge in [-0.2, -0.15) is 5.26 Å². The number of nitrogens with zero attached hydrogens (tertiary/aromatic N) is 2. The van der Waals surface area contributed by atoms with Gasteiger partial charge >= 0.3 is 0 Å². The van der Waals surface area contributed by atoms with Crippen LogP contribution < -0.4 is 15.4 Å². The summed E-state index contributed by atoms with van der Waals surface area (Å²) < 4.78 is 11.0. The smallest absolute Gasteiger partial charge is 0.268 e. The Balaban J connectivity index is 1.41. The number of rotatable bonds is 8. The van der Waals surface area contributed by atoms with Crippen LogP contribution in [0, 0.1) is 11.3 Å². The van der Waals surface area contributed by atoms with Crippen LogP contribution in [0.1, 0.15) is 35.8 Å². The van der Waals surface area contributed by atoms with Gasteiger partial charge in [-0.1, -0.05) is 31.2 Å². The molecular weight excluding hydrogens is 486 g/mol. The zero-order chi connectivity index (χ0) is 26.9. The third-order valence-corrected chi connectivity index (χ3v) is 7.24. The van der Waals surface area contributed by atoms with Gasteiger partial charge < -0.3 is 30.0 Å². The third kappa shape index (κ3) is 4.25. The number of H-pyrrole nitrogens is 1. The number of aromatic nitrogens is 1. The van der Waals surface area contributed by atoms with Gasteiger partial charge in [0.25, 0.3) is 5.91 Å². The predicted molar refractivity (Wildman–Crippen MR) is 140 cm³/mol. The van der Waals surface area contributed by atoms with E-state index >= 15 is 0 Å². The minimum atomic E-state index is -1.05. The molecule has 1 saturated heterocycles. The molecule has 2 aliphatic heterocycles. The molecule has 3 amide bonds. The van der Waals surface area contributed by atoms with Crippen LogP contribution in [-0.2, 0) is 19.7 Å². The maximum absolute atomic E-state index is 13.8. The van der Waals surface area contributed by atoms with Crippen molar-refractivity contribution in [1.29, 1.82) is 5.26 Å². The van der Waals surface area contributed by atoms with Crippen molar-refractivity contribution in [2.24, 2.45) is 0 Å². The Labute approximate surface area is 219 Å². The van der Waals surface area contributed by atoms with Crippen molar-refractivity contribution in [3.05, 3.63) is 59.8 Å². The molecule has 3 atom stereocenters. The minimum absolute atomic E-state index is 0.0383. The largest absolute Gasteiger partial charge is 0.496 e. The molecule has 0 aliphatic carbocycles. The fraction of sp³-hybridized carbons (Fsp3) is 0.357. The van der Waals surface area contributed by atoms with Gasteiger partial charge in [-0.3, -0.25) is 14.4 Å². The topological polar surface area (TPSA) is 137 Å². The molecule has 0 radical (unpaired) electrons. The summed E-state index contributed by atoms with van der Waals surface area (Å²) in [6.45, 7) is 2.33. The van der Waals surface area contributed by atoms with Crippen molar-refractivity contribution in [3.63, 3.8) is 0 Å². The number of aromatic amines is 1. The summed E-state index contributed by atoms with van der Waals surface area (Å²) in [4.78, 5) is 44.6. The molecule has 10 nitrogen and oxygen atoms in total. The number of hydrogen-bond acceptors (Lipinski definition) is 6. The molecule has 2 aromatic carbocycles. The lowest BCUT2D eigenvalue weighted by atomic mass is 9.80. The van der Waals surface area contributed by atoms with Crippen molar-refractivity contribution in [2.45, 2.75) is 37.3 Å². The number of methoxy groups -OCH3 is 1. The van der Waals surface area contributed by atoms with Crippen LogP contribution in [0.3, 0.4) is 0 Å². The minimum Gasteiger partial charge on any atom is -0.496 e. The second kappa shape index (κ2) is 10.2. The highest BCUT2D eigenvalue weighted by atomic mass is 16.5. The second-order valence-corrected chi connectivity index (χ2v) is 9.60. The van der Waals surface area contributed by atoms with Crippen molar-refractivity contribution in [1.82, 2.24) is 15.2 Å². The average Bonchev–Trinajstić information content (AvgIpc) is 3.62. The van der Waals surface area contributed by atoms with Gasteiger partial charge in [-0.25, -0.2) is 0 Å². The van der Waals surface area contributed by atoms with E-state index in [4.69, 9.17) is 9.47 Å². The van der Waals surface area contributed by atoms with E-state index in [-0.39, 0.29) is 31.2 Å². The Hall–Kier alpha value is -4.36. The second-order valence-electron chi connectivity index (χ2n) is 9.60. The number of anilines is 1. The predicted octanol–water partition coefficient (Wildman–Crippen LogP) is 2.72. The van der Waals surface area contributed by atoms with Crippen LogP contribution in [-0.4, -0.2) is 66.6 Å². The van der Waals surface area contributed by atoms with Crippen LogP contribution in [0.15, 0.2) is 48.5 Å². The summed E-state index contributed by atoms with van der Waals surface area (Å²) >= 11 is 0. The first-order valence-corrected chi connectivity index (χ1v) is 12.6. The molecule has 3 heterocycles. The number of para-hydroxylation sites is 1. The van der Waals surface area contributed by atoms with Gasteiger partial charge in [0.2, 0.25) is 11.8 Å². The van der Waals surface area contributed by atoms with Crippen molar-refractivity contribution >= 4 is 34.3 Å². The average molecular weight is 516 g/mol. The third-order valence-electron chi connectivity index (χ3n) is 7.24. The number of carbonyl (C=O) groups excluding carboxylic acids is 3. The first-order chi connectivity index (χ1) is 18.4. The van der Waals surface area contributed by atoms with Crippen LogP contribution in [0.4, 0.5) is 5.69 Å². The standard InChI is InChI=1S/C28H29N5O5/c1-3-11-38-15-23(31-25(34)22-12-18-20(30-22)9-6-10-24(18)37-2)26(35)33-16-28(13-17(33)14-29)19-7-4-5-8-21(19)32-27(28)36/h4-10,12,17,23,30H,3,11,13,15-16H2,1-2H3,(H,31,34)(H,32,36)/t17-,23-,28-/m0/s1. The zero-order valence-corrected chi connectivity index (χ0v) is 21.2. The highest BCUT2D eigenvalue weighted by molar-refractivity contribution is 6.07. The summed E-state index contributed by atoms with van der Waals surface area (Å²) in [6.07, 6.45) is 0.914. The summed E-state index contributed by atoms with van der Waals surface area (Å²) in [6, 6.07) is 14.7. The number of benzene rings is 2. The molecular formula is C28H29N5O5. The molecule has 2 aliphatic rings. The Morgan fingerprint density at radius 3 is 2.84 bits per heavy atom. The number of nitrogens with one attached hydrogen (secondary N) is 3. The van der Waals surface area contributed by atoms with Gasteiger partial charge in [0.05, 0.1) is 25.2 Å². The lowest BCUT2D eigenvalue weighted by Gasteiger charge is -2.27. The Kier molecular flexibility index (Phi) is 6.78. The monoisotopic (exact) mass is 515 g/mol. The number of nitriles is 1. The fourth-order valence-electron chi connectivity index (χ4n) is 5.37. The van der Waals surface area contributed by atoms with E-state index < -0.39 is 29.3 Å². The van der Waals surface area contributed by atoms with Gasteiger partial charge in [0.15, 0.2) is 0 Å². The van der Waals surface area contributed by atoms with Crippen molar-refractivity contribution in [3.8, 4) is 11.8 Å². The van der Waals surface area contributed by atoms with Gasteiger partial charge in [0, 0.05) is 36.2 Å². The molecule has 3 aromatic rings. The fourth-order valence-corrected chi connectivity index (χ4v) is 5.37. The maximum Gasteiger partial charge on any atom is 0.268 e. The number of amides is 3. The van der Waals surface area contributed by atoms with Crippen LogP contribution in [0.25, 0.3) is 10.9 Å². The molecule has 0 bridgehead atoms. The van der Waals surface area contributed by atoms with E-state index in [1.165, 1.54) is 4.90 Å². The number of ether oxygens (including phenoxy) is 2. The van der Waals surface area contributed by atoms with E-state index in [2.05, 4.69) is 21.7 Å². The molecule has 3 N–H and O–H groups in total. The Morgan fingerprint density at radius 2 is 2.08 bits per heavy atom. The first kappa shape index (κ1) is 25.3. The quantitative estimate of drug-likeness (QED) is 0.395. The molecule has 38 heavy (non-hydrogen) atoms. The van der Waals surface area contributed by atoms with Gasteiger partial charge in [0.1, 0.15) is 23.5 Å². The first-order valence-electron chi connectivity index (χ1n) is 12.6. The highest BCUT2D eigenvalue weighted by Crippen LogP contribution is 2.46. The van der Waals surface area contributed by atoms with E-state index in [1.807, 2.05) is 43.3 Å². The van der Waals surface area contributed by atoms with Crippen molar-refractivity contribution in [2.75, 3.05) is 32.2 Å². The summed E-state index contributed by atoms with van der Waals surface area (Å²) in [5.41, 5.74) is 1.43. The SMILES string of the molecule is CCCOC[C@H](NC(=O)c1cc2c(OC)cccc2[nH]1)C(=O)N1C[C@]2(C[C@H]1C#N)C(=O)Nc1ccccc12. The number of likely N-dealkylation sites (tertiary alicyclic amines) is 1. The van der Waals surface area contributed by atoms with E-state index in [0.717, 1.165) is 22.9 Å². The molecule has 1 aromatic heterocycles. The van der Waals surface area contributed by atoms with Crippen LogP contribution in [0.2, 0.25) is 0 Å². The van der Waals surface area contributed by atoms with E-state index in [1.54, 1.807) is 19.2 Å². The molecule has 10 heteroatoms. The molecule has 0 saturated carbocycles. The number of carbonyl (C=O) groups is 3. The molecule has 1 spiro atoms. The molecule has 196 valence electrons. The van der Waals surface area contributed by atoms with E-state index in [0.29, 0.717) is 18.0 Å². The molecule has 5 rings (SSSR count). The molecule has 1 fully saturated rings. The Bertz CT molecular complexity index is 1440. The maximum atomic E-state index is 13.8. The van der Waals surface area contributed by atoms with E-state index in [9.17, 15) is 19.6 Å². The highest BCUT2D eigenvalue weighted by Gasteiger charge is 2.56. The normalized spacial score (nSPS) is 20.7. The number of fused-ring (bicyclic) bond motifs is 3. The lowest BCUT2D eigenvalue weighted by Crippen LogP contribution is -2.53. The summed E-state index contributed by atoms with van der Waals surface area (Å²) in [7, 11) is 1.55. The Morgan fingerprint density at radius 1 is 1.26 bits per heavy atom. The lowest BCUT2D eigenvalue weighted by molar-refractivity contribution is -0.135. The summed E-state index contributed by atoms with van der Waals surface area (Å²) in [5.74, 6) is -0.577. The van der Waals surface area contributed by atoms with Gasteiger partial charge in [-0.05, 0) is 36.2 Å².